The van der Waals surface area contributed by atoms with E-state index in [9.17, 15) is 4.79 Å². The van der Waals surface area contributed by atoms with E-state index in [1.165, 1.54) is 6.07 Å². The Labute approximate surface area is 99.3 Å². The van der Waals surface area contributed by atoms with Crippen LogP contribution in [0.4, 0.5) is 5.69 Å². The summed E-state index contributed by atoms with van der Waals surface area (Å²) in [6, 6.07) is 4.70. The molecule has 0 spiro atoms. The molecule has 1 aromatic carbocycles. The Hall–Kier alpha value is -1.26. The molecule has 2 N–H and O–H groups in total. The van der Waals surface area contributed by atoms with Gasteiger partial charge in [0.15, 0.2) is 0 Å². The van der Waals surface area contributed by atoms with Crippen LogP contribution in [0.25, 0.3) is 0 Å². The van der Waals surface area contributed by atoms with Gasteiger partial charge in [0.25, 0.3) is 5.24 Å². The number of nitrogens with two attached hydrogens (primary N) is 1. The quantitative estimate of drug-likeness (QED) is 0.472. The van der Waals surface area contributed by atoms with Crippen molar-refractivity contribution < 1.29 is 14.3 Å². The Morgan fingerprint density at radius 1 is 1.44 bits per heavy atom. The third-order valence-corrected chi connectivity index (χ3v) is 2.21. The molecule has 0 fully saturated rings. The first kappa shape index (κ1) is 12.8. The van der Waals surface area contributed by atoms with Gasteiger partial charge in [-0.2, -0.15) is 0 Å². The number of carbonyl (C=O) groups is 1. The molecule has 16 heavy (non-hydrogen) atoms. The van der Waals surface area contributed by atoms with E-state index in [1.54, 1.807) is 19.2 Å². The van der Waals surface area contributed by atoms with Gasteiger partial charge >= 0.3 is 0 Å². The fourth-order valence-corrected chi connectivity index (χ4v) is 1.28. The molecule has 0 saturated heterocycles. The summed E-state index contributed by atoms with van der Waals surface area (Å²) in [6.07, 6.45) is 0.759. The van der Waals surface area contributed by atoms with Crippen molar-refractivity contribution in [3.63, 3.8) is 0 Å². The molecular weight excluding hydrogens is 230 g/mol. The Morgan fingerprint density at radius 3 is 2.81 bits per heavy atom. The van der Waals surface area contributed by atoms with Crippen LogP contribution in [0, 0.1) is 0 Å². The van der Waals surface area contributed by atoms with Crippen LogP contribution in [-0.4, -0.2) is 25.6 Å². The third kappa shape index (κ3) is 3.72. The summed E-state index contributed by atoms with van der Waals surface area (Å²) >= 11 is 5.36. The Balaban J connectivity index is 2.63. The predicted molar refractivity (Wildman–Crippen MR) is 63.0 cm³/mol. The lowest BCUT2D eigenvalue weighted by Crippen LogP contribution is -2.04. The molecule has 1 aromatic rings. The van der Waals surface area contributed by atoms with Crippen molar-refractivity contribution in [1.82, 2.24) is 0 Å². The molecule has 0 aliphatic rings. The number of benzene rings is 1. The number of hydrogen-bond donors (Lipinski definition) is 1. The Bertz CT molecular complexity index is 368. The number of hydrogen-bond acceptors (Lipinski definition) is 4. The topological polar surface area (TPSA) is 61.5 Å². The molecule has 0 unspecified atom stereocenters. The molecule has 0 radical (unpaired) electrons. The van der Waals surface area contributed by atoms with Gasteiger partial charge in [-0.25, -0.2) is 0 Å². The molecule has 0 atom stereocenters. The average Bonchev–Trinajstić information content (AvgIpc) is 2.26. The average molecular weight is 244 g/mol. The second kappa shape index (κ2) is 6.35. The SMILES string of the molecule is COCCCOc1cc(C(=O)Cl)ccc1N. The number of methoxy groups -OCH3 is 1. The highest BCUT2D eigenvalue weighted by Gasteiger charge is 2.06. The monoisotopic (exact) mass is 243 g/mol. The van der Waals surface area contributed by atoms with E-state index in [4.69, 9.17) is 26.8 Å². The van der Waals surface area contributed by atoms with Crippen molar-refractivity contribution in [2.75, 3.05) is 26.1 Å². The third-order valence-electron chi connectivity index (χ3n) is 1.99. The minimum Gasteiger partial charge on any atom is -0.491 e. The second-order valence-electron chi connectivity index (χ2n) is 3.22. The molecule has 4 nitrogen and oxygen atoms in total. The lowest BCUT2D eigenvalue weighted by atomic mass is 10.2. The molecule has 0 aromatic heterocycles. The summed E-state index contributed by atoms with van der Waals surface area (Å²) in [5, 5.41) is -0.526. The largest absolute Gasteiger partial charge is 0.491 e. The standard InChI is InChI=1S/C11H14ClNO3/c1-15-5-2-6-16-10-7-8(11(12)14)3-4-9(10)13/h3-4,7H,2,5-6,13H2,1H3. The summed E-state index contributed by atoms with van der Waals surface area (Å²) in [5.74, 6) is 0.475. The van der Waals surface area contributed by atoms with Gasteiger partial charge in [-0.1, -0.05) is 0 Å². The van der Waals surface area contributed by atoms with E-state index in [1.807, 2.05) is 0 Å². The molecule has 0 amide bonds. The molecule has 0 aliphatic carbocycles. The molecule has 88 valence electrons. The maximum absolute atomic E-state index is 10.9. The van der Waals surface area contributed by atoms with Crippen molar-refractivity contribution in [2.45, 2.75) is 6.42 Å². The van der Waals surface area contributed by atoms with Crippen LogP contribution >= 0.6 is 11.6 Å². The second-order valence-corrected chi connectivity index (χ2v) is 3.56. The van der Waals surface area contributed by atoms with Crippen molar-refractivity contribution in [2.24, 2.45) is 0 Å². The number of nitrogen functional groups attached to an aromatic ring is 1. The number of rotatable bonds is 6. The number of halogens is 1. The lowest BCUT2D eigenvalue weighted by molar-refractivity contribution is 0.108. The molecular formula is C11H14ClNO3. The van der Waals surface area contributed by atoms with Crippen LogP contribution in [0.2, 0.25) is 0 Å². The summed E-state index contributed by atoms with van der Waals surface area (Å²) in [5.41, 5.74) is 6.55. The lowest BCUT2D eigenvalue weighted by Gasteiger charge is -2.09. The van der Waals surface area contributed by atoms with Gasteiger partial charge in [0, 0.05) is 25.7 Å². The van der Waals surface area contributed by atoms with Crippen LogP contribution < -0.4 is 10.5 Å². The van der Waals surface area contributed by atoms with Gasteiger partial charge < -0.3 is 15.2 Å². The van der Waals surface area contributed by atoms with Crippen molar-refractivity contribution in [3.05, 3.63) is 23.8 Å². The van der Waals surface area contributed by atoms with Crippen LogP contribution in [0.5, 0.6) is 5.75 Å². The molecule has 0 heterocycles. The van der Waals surface area contributed by atoms with Gasteiger partial charge in [0.1, 0.15) is 5.75 Å². The van der Waals surface area contributed by atoms with Crippen molar-refractivity contribution >= 4 is 22.5 Å². The normalized spacial score (nSPS) is 10.1. The van der Waals surface area contributed by atoms with Crippen LogP contribution in [0.15, 0.2) is 18.2 Å². The summed E-state index contributed by atoms with van der Waals surface area (Å²) < 4.78 is 10.3. The summed E-state index contributed by atoms with van der Waals surface area (Å²) in [6.45, 7) is 1.10. The van der Waals surface area contributed by atoms with E-state index < -0.39 is 5.24 Å². The first-order valence-electron chi connectivity index (χ1n) is 4.86. The van der Waals surface area contributed by atoms with Gasteiger partial charge in [-0.15, -0.1) is 0 Å². The van der Waals surface area contributed by atoms with Gasteiger partial charge in [0.2, 0.25) is 0 Å². The Kier molecular flexibility index (Phi) is 5.08. The predicted octanol–water partition coefficient (Wildman–Crippen LogP) is 2.06. The van der Waals surface area contributed by atoms with E-state index in [-0.39, 0.29) is 0 Å². The fourth-order valence-electron chi connectivity index (χ4n) is 1.17. The van der Waals surface area contributed by atoms with Gasteiger partial charge in [-0.05, 0) is 29.8 Å². The minimum atomic E-state index is -0.526. The molecule has 0 saturated carbocycles. The summed E-state index contributed by atoms with van der Waals surface area (Å²) in [4.78, 5) is 10.9. The van der Waals surface area contributed by atoms with Crippen LogP contribution in [0.3, 0.4) is 0 Å². The van der Waals surface area contributed by atoms with Crippen LogP contribution in [0.1, 0.15) is 16.8 Å². The van der Waals surface area contributed by atoms with E-state index >= 15 is 0 Å². The maximum Gasteiger partial charge on any atom is 0.252 e. The van der Waals surface area contributed by atoms with Gasteiger partial charge in [0.05, 0.1) is 12.3 Å². The van der Waals surface area contributed by atoms with E-state index in [2.05, 4.69) is 0 Å². The smallest absolute Gasteiger partial charge is 0.252 e. The highest BCUT2D eigenvalue weighted by atomic mass is 35.5. The van der Waals surface area contributed by atoms with Crippen molar-refractivity contribution in [3.8, 4) is 5.75 Å². The zero-order chi connectivity index (χ0) is 12.0. The molecule has 0 aliphatic heterocycles. The Morgan fingerprint density at radius 2 is 2.19 bits per heavy atom. The zero-order valence-electron chi connectivity index (χ0n) is 9.03. The van der Waals surface area contributed by atoms with Crippen molar-refractivity contribution in [1.29, 1.82) is 0 Å². The van der Waals surface area contributed by atoms with E-state index in [0.717, 1.165) is 6.42 Å². The minimum absolute atomic E-state index is 0.373. The highest BCUT2D eigenvalue weighted by molar-refractivity contribution is 6.67. The zero-order valence-corrected chi connectivity index (χ0v) is 9.79. The molecule has 5 heteroatoms. The number of anilines is 1. The van der Waals surface area contributed by atoms with Crippen LogP contribution in [-0.2, 0) is 4.74 Å². The first-order chi connectivity index (χ1) is 7.65. The fraction of sp³-hybridized carbons (Fsp3) is 0.364. The maximum atomic E-state index is 10.9. The molecule has 0 bridgehead atoms. The first-order valence-corrected chi connectivity index (χ1v) is 5.24. The van der Waals surface area contributed by atoms with E-state index in [0.29, 0.717) is 30.2 Å². The van der Waals surface area contributed by atoms with Gasteiger partial charge in [-0.3, -0.25) is 4.79 Å². The number of ether oxygens (including phenoxy) is 2. The molecule has 1 rings (SSSR count). The summed E-state index contributed by atoms with van der Waals surface area (Å²) in [7, 11) is 1.63. The highest BCUT2D eigenvalue weighted by Crippen LogP contribution is 2.23. The number of carbonyl (C=O) groups excluding carboxylic acids is 1.